The van der Waals surface area contributed by atoms with Crippen LogP contribution in [0, 0.1) is 0 Å². The zero-order chi connectivity index (χ0) is 21.8. The number of carbonyl (C=O) groups is 3. The molecule has 0 unspecified atom stereocenters. The van der Waals surface area contributed by atoms with Crippen LogP contribution in [0.4, 0.5) is 11.4 Å². The van der Waals surface area contributed by atoms with Crippen molar-refractivity contribution in [2.75, 3.05) is 30.5 Å². The number of sulfonamides is 1. The summed E-state index contributed by atoms with van der Waals surface area (Å²) in [5, 5.41) is 2.51. The Morgan fingerprint density at radius 1 is 0.897 bits per heavy atom. The number of anilines is 2. The van der Waals surface area contributed by atoms with E-state index < -0.39 is 27.9 Å². The van der Waals surface area contributed by atoms with E-state index in [1.165, 1.54) is 50.6 Å². The molecule has 1 amide bonds. The lowest BCUT2D eigenvalue weighted by molar-refractivity contribution is 0.0587. The third-order valence-electron chi connectivity index (χ3n) is 3.62. The maximum atomic E-state index is 12.6. The Labute approximate surface area is 172 Å². The molecule has 29 heavy (non-hydrogen) atoms. The summed E-state index contributed by atoms with van der Waals surface area (Å²) >= 11 is 6.03. The van der Waals surface area contributed by atoms with Gasteiger partial charge in [0.2, 0.25) is 10.0 Å². The fourth-order valence-corrected chi connectivity index (χ4v) is 3.18. The molecule has 9 nitrogen and oxygen atoms in total. The van der Waals surface area contributed by atoms with Gasteiger partial charge in [-0.1, -0.05) is 11.6 Å². The summed E-state index contributed by atoms with van der Waals surface area (Å²) in [5.74, 6) is -2.02. The molecule has 0 saturated carbocycles. The van der Waals surface area contributed by atoms with E-state index in [4.69, 9.17) is 11.6 Å². The number of nitrogens with one attached hydrogen (secondary N) is 2. The first-order chi connectivity index (χ1) is 13.6. The van der Waals surface area contributed by atoms with Gasteiger partial charge in [0.15, 0.2) is 0 Å². The molecule has 0 spiro atoms. The Kier molecular flexibility index (Phi) is 6.83. The van der Waals surface area contributed by atoms with E-state index in [2.05, 4.69) is 19.5 Å². The number of amides is 1. The molecular weight excluding hydrogens is 424 g/mol. The van der Waals surface area contributed by atoms with E-state index in [-0.39, 0.29) is 33.1 Å². The monoisotopic (exact) mass is 440 g/mol. The summed E-state index contributed by atoms with van der Waals surface area (Å²) in [7, 11) is -1.17. The van der Waals surface area contributed by atoms with E-state index >= 15 is 0 Å². The van der Waals surface area contributed by atoms with E-state index in [0.717, 1.165) is 6.26 Å². The number of benzene rings is 2. The van der Waals surface area contributed by atoms with Gasteiger partial charge in [0.05, 0.1) is 48.0 Å². The van der Waals surface area contributed by atoms with Gasteiger partial charge in [-0.15, -0.1) is 0 Å². The smallest absolute Gasteiger partial charge is 0.339 e. The number of esters is 2. The second-order valence-corrected chi connectivity index (χ2v) is 7.92. The van der Waals surface area contributed by atoms with Crippen molar-refractivity contribution < 1.29 is 32.3 Å². The maximum absolute atomic E-state index is 12.6. The molecule has 0 fully saturated rings. The molecule has 0 aliphatic carbocycles. The van der Waals surface area contributed by atoms with Gasteiger partial charge in [0.1, 0.15) is 0 Å². The van der Waals surface area contributed by atoms with Crippen LogP contribution >= 0.6 is 11.6 Å². The van der Waals surface area contributed by atoms with Crippen LogP contribution in [0.1, 0.15) is 31.1 Å². The fourth-order valence-electron chi connectivity index (χ4n) is 2.31. The molecule has 2 aromatic rings. The van der Waals surface area contributed by atoms with Crippen molar-refractivity contribution >= 4 is 50.8 Å². The lowest BCUT2D eigenvalue weighted by Crippen LogP contribution is -2.17. The molecular formula is C18H17ClN2O7S. The topological polar surface area (TPSA) is 128 Å². The largest absolute Gasteiger partial charge is 0.465 e. The zero-order valence-corrected chi connectivity index (χ0v) is 17.2. The summed E-state index contributed by atoms with van der Waals surface area (Å²) < 4.78 is 34.2. The van der Waals surface area contributed by atoms with Crippen LogP contribution in [0.25, 0.3) is 0 Å². The number of hydrogen-bond donors (Lipinski definition) is 2. The van der Waals surface area contributed by atoms with Crippen molar-refractivity contribution in [3.63, 3.8) is 0 Å². The van der Waals surface area contributed by atoms with Gasteiger partial charge in [0, 0.05) is 5.56 Å². The number of hydrogen-bond acceptors (Lipinski definition) is 7. The average molecular weight is 441 g/mol. The molecule has 0 aromatic heterocycles. The van der Waals surface area contributed by atoms with E-state index in [1.54, 1.807) is 0 Å². The molecule has 0 aliphatic rings. The molecule has 0 heterocycles. The quantitative estimate of drug-likeness (QED) is 0.660. The molecule has 2 rings (SSSR count). The summed E-state index contributed by atoms with van der Waals surface area (Å²) in [6, 6.07) is 7.88. The Morgan fingerprint density at radius 2 is 1.52 bits per heavy atom. The van der Waals surface area contributed by atoms with E-state index in [0.29, 0.717) is 0 Å². The molecule has 2 N–H and O–H groups in total. The van der Waals surface area contributed by atoms with E-state index in [9.17, 15) is 22.8 Å². The molecule has 0 atom stereocenters. The highest BCUT2D eigenvalue weighted by atomic mass is 35.5. The van der Waals surface area contributed by atoms with Gasteiger partial charge in [-0.05, 0) is 36.4 Å². The Balaban J connectivity index is 2.37. The first kappa shape index (κ1) is 22.2. The van der Waals surface area contributed by atoms with Crippen molar-refractivity contribution in [2.24, 2.45) is 0 Å². The first-order valence-electron chi connectivity index (χ1n) is 7.95. The van der Waals surface area contributed by atoms with Crippen LogP contribution in [0.2, 0.25) is 5.02 Å². The third-order valence-corrected chi connectivity index (χ3v) is 4.52. The number of rotatable bonds is 6. The molecule has 0 radical (unpaired) electrons. The van der Waals surface area contributed by atoms with Crippen molar-refractivity contribution in [1.29, 1.82) is 0 Å². The molecule has 0 bridgehead atoms. The van der Waals surface area contributed by atoms with Crippen molar-refractivity contribution in [3.8, 4) is 0 Å². The predicted molar refractivity (Wildman–Crippen MR) is 107 cm³/mol. The van der Waals surface area contributed by atoms with Gasteiger partial charge in [-0.3, -0.25) is 9.52 Å². The zero-order valence-electron chi connectivity index (χ0n) is 15.6. The van der Waals surface area contributed by atoms with Crippen LogP contribution in [0.5, 0.6) is 0 Å². The first-order valence-corrected chi connectivity index (χ1v) is 10.2. The second kappa shape index (κ2) is 8.93. The van der Waals surface area contributed by atoms with E-state index in [1.807, 2.05) is 0 Å². The van der Waals surface area contributed by atoms with Crippen molar-refractivity contribution in [2.45, 2.75) is 0 Å². The van der Waals surface area contributed by atoms with Gasteiger partial charge in [-0.25, -0.2) is 18.0 Å². The minimum Gasteiger partial charge on any atom is -0.465 e. The van der Waals surface area contributed by atoms with Crippen LogP contribution < -0.4 is 10.0 Å². The lowest BCUT2D eigenvalue weighted by atomic mass is 10.1. The molecule has 154 valence electrons. The highest BCUT2D eigenvalue weighted by Gasteiger charge is 2.19. The number of methoxy groups -OCH3 is 2. The molecule has 0 saturated heterocycles. The SMILES string of the molecule is COC(=O)c1ccc(C(=O)OC)c(NC(=O)c2ccc(NS(C)(=O)=O)c(Cl)c2)c1. The van der Waals surface area contributed by atoms with Gasteiger partial charge >= 0.3 is 11.9 Å². The Hall–Kier alpha value is -3.11. The van der Waals surface area contributed by atoms with Crippen LogP contribution in [-0.2, 0) is 19.5 Å². The Morgan fingerprint density at radius 3 is 2.07 bits per heavy atom. The molecule has 11 heteroatoms. The predicted octanol–water partition coefficient (Wildman–Crippen LogP) is 2.54. The van der Waals surface area contributed by atoms with Gasteiger partial charge < -0.3 is 14.8 Å². The number of ether oxygens (including phenoxy) is 2. The van der Waals surface area contributed by atoms with Crippen molar-refractivity contribution in [1.82, 2.24) is 0 Å². The van der Waals surface area contributed by atoms with Crippen LogP contribution in [-0.4, -0.2) is 46.7 Å². The second-order valence-electron chi connectivity index (χ2n) is 5.77. The Bertz CT molecular complexity index is 1080. The summed E-state index contributed by atoms with van der Waals surface area (Å²) in [5.41, 5.74) is 0.359. The number of carbonyl (C=O) groups excluding carboxylic acids is 3. The lowest BCUT2D eigenvalue weighted by Gasteiger charge is -2.12. The fraction of sp³-hybridized carbons (Fsp3) is 0.167. The minimum absolute atomic E-state index is 0.000391. The van der Waals surface area contributed by atoms with Crippen LogP contribution in [0.3, 0.4) is 0 Å². The van der Waals surface area contributed by atoms with Gasteiger partial charge in [0.25, 0.3) is 5.91 Å². The van der Waals surface area contributed by atoms with Gasteiger partial charge in [-0.2, -0.15) is 0 Å². The summed E-state index contributed by atoms with van der Waals surface area (Å²) in [4.78, 5) is 36.3. The standard InChI is InChI=1S/C18H17ClN2O7S/c1-27-17(23)11-4-6-12(18(24)28-2)15(9-11)20-16(22)10-5-7-14(13(19)8-10)21-29(3,25)26/h4-9,21H,1-3H3,(H,20,22). The van der Waals surface area contributed by atoms with Crippen LogP contribution in [0.15, 0.2) is 36.4 Å². The minimum atomic E-state index is -3.55. The number of halogens is 1. The average Bonchev–Trinajstić information content (AvgIpc) is 2.67. The highest BCUT2D eigenvalue weighted by molar-refractivity contribution is 7.92. The van der Waals surface area contributed by atoms with Crippen molar-refractivity contribution in [3.05, 3.63) is 58.1 Å². The summed E-state index contributed by atoms with van der Waals surface area (Å²) in [6.07, 6.45) is 0.965. The summed E-state index contributed by atoms with van der Waals surface area (Å²) in [6.45, 7) is 0. The third kappa shape index (κ3) is 5.69. The molecule has 0 aliphatic heterocycles. The normalized spacial score (nSPS) is 10.8. The highest BCUT2D eigenvalue weighted by Crippen LogP contribution is 2.25. The molecule has 2 aromatic carbocycles. The maximum Gasteiger partial charge on any atom is 0.339 e.